The average molecular weight is 351 g/mol. The van der Waals surface area contributed by atoms with Crippen molar-refractivity contribution >= 4 is 27.4 Å². The predicted octanol–water partition coefficient (Wildman–Crippen LogP) is 1.48. The van der Waals surface area contributed by atoms with Crippen molar-refractivity contribution < 1.29 is 22.7 Å². The lowest BCUT2D eigenvalue weighted by molar-refractivity contribution is -0.156. The molecule has 2 aliphatic rings. The first-order chi connectivity index (χ1) is 11.3. The molecule has 1 N–H and O–H groups in total. The van der Waals surface area contributed by atoms with Crippen LogP contribution in [-0.4, -0.2) is 37.9 Å². The molecule has 1 saturated heterocycles. The lowest BCUT2D eigenvalue weighted by atomic mass is 10.1. The summed E-state index contributed by atoms with van der Waals surface area (Å²) in [5.41, 5.74) is 3.25. The summed E-state index contributed by atoms with van der Waals surface area (Å²) in [4.78, 5) is 24.2. The highest BCUT2D eigenvalue weighted by molar-refractivity contribution is 7.91. The van der Waals surface area contributed by atoms with Crippen LogP contribution in [0.25, 0.3) is 0 Å². The number of benzene rings is 1. The fraction of sp³-hybridized carbons (Fsp3) is 0.529. The van der Waals surface area contributed by atoms with Gasteiger partial charge in [0, 0.05) is 5.69 Å². The van der Waals surface area contributed by atoms with Gasteiger partial charge < -0.3 is 10.1 Å². The third-order valence-electron chi connectivity index (χ3n) is 4.59. The zero-order valence-electron chi connectivity index (χ0n) is 13.6. The van der Waals surface area contributed by atoms with Crippen molar-refractivity contribution in [2.75, 3.05) is 16.8 Å². The quantitative estimate of drug-likeness (QED) is 0.830. The van der Waals surface area contributed by atoms with Gasteiger partial charge in [0.25, 0.3) is 5.91 Å². The topological polar surface area (TPSA) is 89.5 Å². The molecule has 0 radical (unpaired) electrons. The number of rotatable bonds is 4. The minimum absolute atomic E-state index is 0.00245. The second-order valence-corrected chi connectivity index (χ2v) is 8.73. The molecule has 1 amide bonds. The largest absolute Gasteiger partial charge is 0.452 e. The van der Waals surface area contributed by atoms with Gasteiger partial charge in [-0.25, -0.2) is 8.42 Å². The van der Waals surface area contributed by atoms with Gasteiger partial charge in [0.2, 0.25) is 0 Å². The van der Waals surface area contributed by atoms with Gasteiger partial charge in [-0.1, -0.05) is 6.07 Å². The first-order valence-corrected chi connectivity index (χ1v) is 10.00. The molecule has 1 heterocycles. The number of sulfone groups is 1. The summed E-state index contributed by atoms with van der Waals surface area (Å²) in [6.45, 7) is 1.49. The Hall–Kier alpha value is -1.89. The number of aryl methyl sites for hydroxylation is 2. The molecule has 24 heavy (non-hydrogen) atoms. The third-order valence-corrected chi connectivity index (χ3v) is 6.36. The van der Waals surface area contributed by atoms with E-state index in [1.54, 1.807) is 0 Å². The summed E-state index contributed by atoms with van der Waals surface area (Å²) >= 11 is 0. The summed E-state index contributed by atoms with van der Waals surface area (Å²) in [5, 5.41) is 2.75. The van der Waals surface area contributed by atoms with Crippen molar-refractivity contribution in [3.63, 3.8) is 0 Å². The Balaban J connectivity index is 1.56. The van der Waals surface area contributed by atoms with Crippen molar-refractivity contribution in [3.05, 3.63) is 29.3 Å². The number of ether oxygens (including phenoxy) is 1. The molecule has 7 heteroatoms. The van der Waals surface area contributed by atoms with E-state index in [2.05, 4.69) is 5.32 Å². The molecule has 3 rings (SSSR count). The van der Waals surface area contributed by atoms with Crippen LogP contribution in [0.15, 0.2) is 18.2 Å². The molecule has 1 aromatic rings. The van der Waals surface area contributed by atoms with Crippen LogP contribution in [0.1, 0.15) is 30.9 Å². The van der Waals surface area contributed by atoms with Gasteiger partial charge in [0.15, 0.2) is 15.9 Å². The molecule has 2 atom stereocenters. The maximum absolute atomic E-state index is 12.2. The van der Waals surface area contributed by atoms with Gasteiger partial charge in [-0.05, 0) is 55.9 Å². The smallest absolute Gasteiger partial charge is 0.310 e. The second-order valence-electron chi connectivity index (χ2n) is 6.51. The molecule has 0 unspecified atom stereocenters. The number of nitrogens with one attached hydrogen (secondary N) is 1. The lowest BCUT2D eigenvalue weighted by Crippen LogP contribution is -2.32. The van der Waals surface area contributed by atoms with E-state index in [4.69, 9.17) is 4.74 Å². The van der Waals surface area contributed by atoms with Crippen molar-refractivity contribution in [1.29, 1.82) is 0 Å². The fourth-order valence-electron chi connectivity index (χ4n) is 3.20. The van der Waals surface area contributed by atoms with E-state index in [1.807, 2.05) is 18.2 Å². The van der Waals surface area contributed by atoms with Gasteiger partial charge in [0.05, 0.1) is 17.4 Å². The van der Waals surface area contributed by atoms with Gasteiger partial charge in [-0.3, -0.25) is 9.59 Å². The maximum atomic E-state index is 12.2. The summed E-state index contributed by atoms with van der Waals surface area (Å²) in [7, 11) is -3.15. The zero-order valence-corrected chi connectivity index (χ0v) is 14.4. The number of anilines is 1. The Morgan fingerprint density at radius 3 is 2.71 bits per heavy atom. The third kappa shape index (κ3) is 3.77. The number of esters is 1. The number of carbonyl (C=O) groups excluding carboxylic acids is 2. The molecular weight excluding hydrogens is 330 g/mol. The summed E-state index contributed by atoms with van der Waals surface area (Å²) in [6.07, 6.45) is 2.52. The van der Waals surface area contributed by atoms with E-state index >= 15 is 0 Å². The van der Waals surface area contributed by atoms with Crippen LogP contribution in [-0.2, 0) is 37.0 Å². The minimum Gasteiger partial charge on any atom is -0.452 e. The van der Waals surface area contributed by atoms with E-state index in [0.717, 1.165) is 19.3 Å². The molecule has 6 nitrogen and oxygen atoms in total. The lowest BCUT2D eigenvalue weighted by Gasteiger charge is -2.16. The summed E-state index contributed by atoms with van der Waals surface area (Å²) in [6, 6.07) is 5.82. The van der Waals surface area contributed by atoms with E-state index in [0.29, 0.717) is 5.69 Å². The Labute approximate surface area is 141 Å². The van der Waals surface area contributed by atoms with Crippen LogP contribution in [0.2, 0.25) is 0 Å². The highest BCUT2D eigenvalue weighted by Crippen LogP contribution is 2.25. The highest BCUT2D eigenvalue weighted by atomic mass is 32.2. The molecule has 0 spiro atoms. The van der Waals surface area contributed by atoms with Crippen LogP contribution < -0.4 is 5.32 Å². The Bertz CT molecular complexity index is 771. The molecule has 0 saturated carbocycles. The standard InChI is InChI=1S/C17H21NO5S/c1-11(23-17(20)14-7-8-24(21,22)10-14)16(19)18-15-6-5-12-3-2-4-13(12)9-15/h5-6,9,11,14H,2-4,7-8,10H2,1H3,(H,18,19)/t11-,14-/m1/s1. The highest BCUT2D eigenvalue weighted by Gasteiger charge is 2.35. The number of amides is 1. The summed E-state index contributed by atoms with van der Waals surface area (Å²) in [5.74, 6) is -1.88. The SMILES string of the molecule is C[C@@H](OC(=O)[C@@H]1CCS(=O)(=O)C1)C(=O)Nc1ccc2c(c1)CCC2. The van der Waals surface area contributed by atoms with Gasteiger partial charge in [-0.15, -0.1) is 0 Å². The molecule has 1 aliphatic carbocycles. The Morgan fingerprint density at radius 2 is 2.00 bits per heavy atom. The molecule has 1 aromatic carbocycles. The monoisotopic (exact) mass is 351 g/mol. The van der Waals surface area contributed by atoms with Crippen LogP contribution in [0.3, 0.4) is 0 Å². The van der Waals surface area contributed by atoms with Crippen molar-refractivity contribution in [2.24, 2.45) is 5.92 Å². The van der Waals surface area contributed by atoms with Gasteiger partial charge in [0.1, 0.15) is 0 Å². The Kier molecular flexibility index (Phi) is 4.62. The molecule has 0 aromatic heterocycles. The van der Waals surface area contributed by atoms with E-state index in [-0.39, 0.29) is 17.9 Å². The van der Waals surface area contributed by atoms with Crippen molar-refractivity contribution in [1.82, 2.24) is 0 Å². The van der Waals surface area contributed by atoms with Crippen LogP contribution >= 0.6 is 0 Å². The molecular formula is C17H21NO5S. The Morgan fingerprint density at radius 1 is 1.25 bits per heavy atom. The van der Waals surface area contributed by atoms with Crippen LogP contribution in [0.4, 0.5) is 5.69 Å². The van der Waals surface area contributed by atoms with Gasteiger partial charge >= 0.3 is 5.97 Å². The number of hydrogen-bond acceptors (Lipinski definition) is 5. The normalized spacial score (nSPS) is 22.6. The first kappa shape index (κ1) is 17.0. The number of carbonyl (C=O) groups is 2. The van der Waals surface area contributed by atoms with Gasteiger partial charge in [-0.2, -0.15) is 0 Å². The molecule has 1 fully saturated rings. The van der Waals surface area contributed by atoms with E-state index in [9.17, 15) is 18.0 Å². The predicted molar refractivity (Wildman–Crippen MR) is 89.4 cm³/mol. The molecule has 1 aliphatic heterocycles. The van der Waals surface area contributed by atoms with Crippen LogP contribution in [0, 0.1) is 5.92 Å². The number of fused-ring (bicyclic) bond motifs is 1. The van der Waals surface area contributed by atoms with Crippen molar-refractivity contribution in [2.45, 2.75) is 38.7 Å². The van der Waals surface area contributed by atoms with E-state index in [1.165, 1.54) is 18.1 Å². The maximum Gasteiger partial charge on any atom is 0.310 e. The fourth-order valence-corrected chi connectivity index (χ4v) is 4.92. The first-order valence-electron chi connectivity index (χ1n) is 8.18. The summed E-state index contributed by atoms with van der Waals surface area (Å²) < 4.78 is 28.0. The minimum atomic E-state index is -3.15. The average Bonchev–Trinajstić information content (AvgIpc) is 3.12. The molecule has 0 bridgehead atoms. The number of hydrogen-bond donors (Lipinski definition) is 1. The molecule has 130 valence electrons. The van der Waals surface area contributed by atoms with E-state index < -0.39 is 33.7 Å². The zero-order chi connectivity index (χ0) is 17.3. The van der Waals surface area contributed by atoms with Crippen LogP contribution in [0.5, 0.6) is 0 Å². The second kappa shape index (κ2) is 6.55. The van der Waals surface area contributed by atoms with Crippen molar-refractivity contribution in [3.8, 4) is 0 Å².